The van der Waals surface area contributed by atoms with Crippen LogP contribution in [0.25, 0.3) is 0 Å². The number of carbonyl (C=O) groups excluding carboxylic acids is 2. The molecule has 27 heavy (non-hydrogen) atoms. The Morgan fingerprint density at radius 2 is 2.15 bits per heavy atom. The number of hydrogen-bond acceptors (Lipinski definition) is 7. The first kappa shape index (κ1) is 19.0. The molecule has 2 heterocycles. The van der Waals surface area contributed by atoms with Gasteiger partial charge in [0.2, 0.25) is 0 Å². The number of nitro groups is 1. The van der Waals surface area contributed by atoms with Crippen LogP contribution in [0, 0.1) is 10.1 Å². The molecule has 142 valence electrons. The highest BCUT2D eigenvalue weighted by Crippen LogP contribution is 2.42. The van der Waals surface area contributed by atoms with Crippen LogP contribution in [0.15, 0.2) is 35.7 Å². The van der Waals surface area contributed by atoms with Gasteiger partial charge in [-0.05, 0) is 23.9 Å². The quantitative estimate of drug-likeness (QED) is 0.427. The van der Waals surface area contributed by atoms with E-state index in [4.69, 9.17) is 9.47 Å². The largest absolute Gasteiger partial charge is 0.465 e. The fraction of sp³-hybridized carbons (Fsp3) is 0.333. The molecule has 1 amide bonds. The van der Waals surface area contributed by atoms with Gasteiger partial charge in [0.15, 0.2) is 6.10 Å². The number of methoxy groups -OCH3 is 1. The summed E-state index contributed by atoms with van der Waals surface area (Å²) in [4.78, 5) is 38.1. The van der Waals surface area contributed by atoms with Crippen molar-refractivity contribution in [2.75, 3.05) is 18.6 Å². The summed E-state index contributed by atoms with van der Waals surface area (Å²) in [6.45, 7) is 2.05. The van der Waals surface area contributed by atoms with Gasteiger partial charge in [-0.15, -0.1) is 11.3 Å². The molecule has 8 nitrogen and oxygen atoms in total. The van der Waals surface area contributed by atoms with Crippen LogP contribution in [-0.4, -0.2) is 36.6 Å². The van der Waals surface area contributed by atoms with E-state index in [-0.39, 0.29) is 24.7 Å². The van der Waals surface area contributed by atoms with Gasteiger partial charge in [0, 0.05) is 24.1 Å². The van der Waals surface area contributed by atoms with E-state index in [2.05, 4.69) is 0 Å². The molecule has 0 saturated heterocycles. The highest BCUT2D eigenvalue weighted by atomic mass is 32.1. The Hall–Kier alpha value is -2.78. The number of nitro benzene ring substituents is 1. The van der Waals surface area contributed by atoms with E-state index in [1.807, 2.05) is 0 Å². The number of non-ortho nitro benzene ring substituents is 1. The lowest BCUT2D eigenvalue weighted by Gasteiger charge is -2.35. The number of amides is 1. The van der Waals surface area contributed by atoms with Gasteiger partial charge in [0.25, 0.3) is 11.6 Å². The molecule has 1 aromatic heterocycles. The standard InChI is InChI=1S/C18H18N2O6S/c1-3-26-18(22)14-15(25-2)17(21)19(13-7-8-27-16(13)14)10-11-5-4-6-12(9-11)20(23)24/h4-9,14-15H,3,10H2,1-2H3. The van der Waals surface area contributed by atoms with Crippen molar-refractivity contribution in [2.45, 2.75) is 25.5 Å². The summed E-state index contributed by atoms with van der Waals surface area (Å²) >= 11 is 1.35. The minimum atomic E-state index is -1.01. The Morgan fingerprint density at radius 3 is 2.81 bits per heavy atom. The Labute approximate surface area is 159 Å². The van der Waals surface area contributed by atoms with E-state index in [0.29, 0.717) is 16.1 Å². The Morgan fingerprint density at radius 1 is 1.37 bits per heavy atom. The predicted octanol–water partition coefficient (Wildman–Crippen LogP) is 2.86. The number of nitrogens with zero attached hydrogens (tertiary/aromatic N) is 2. The van der Waals surface area contributed by atoms with Crippen molar-refractivity contribution in [1.29, 1.82) is 0 Å². The number of thiophene rings is 1. The van der Waals surface area contributed by atoms with Crippen molar-refractivity contribution in [3.63, 3.8) is 0 Å². The highest BCUT2D eigenvalue weighted by Gasteiger charge is 2.46. The van der Waals surface area contributed by atoms with Crippen LogP contribution in [-0.2, 0) is 25.6 Å². The van der Waals surface area contributed by atoms with Crippen molar-refractivity contribution in [3.8, 4) is 0 Å². The summed E-state index contributed by atoms with van der Waals surface area (Å²) in [6.07, 6.45) is -1.01. The molecular weight excluding hydrogens is 372 g/mol. The van der Waals surface area contributed by atoms with Gasteiger partial charge in [0.1, 0.15) is 5.92 Å². The number of carbonyl (C=O) groups is 2. The zero-order valence-electron chi connectivity index (χ0n) is 14.8. The van der Waals surface area contributed by atoms with Crippen molar-refractivity contribution in [1.82, 2.24) is 0 Å². The molecule has 9 heteroatoms. The Bertz CT molecular complexity index is 880. The first-order chi connectivity index (χ1) is 13.0. The average molecular weight is 390 g/mol. The summed E-state index contributed by atoms with van der Waals surface area (Å²) in [7, 11) is 1.37. The summed E-state index contributed by atoms with van der Waals surface area (Å²) < 4.78 is 10.5. The van der Waals surface area contributed by atoms with E-state index in [1.54, 1.807) is 30.5 Å². The number of fused-ring (bicyclic) bond motifs is 1. The van der Waals surface area contributed by atoms with Crippen LogP contribution in [0.1, 0.15) is 23.3 Å². The summed E-state index contributed by atoms with van der Waals surface area (Å²) in [5.74, 6) is -1.71. The predicted molar refractivity (Wildman–Crippen MR) is 98.8 cm³/mol. The number of rotatable bonds is 6. The van der Waals surface area contributed by atoms with Crippen molar-refractivity contribution >= 4 is 34.6 Å². The molecule has 3 rings (SSSR count). The number of esters is 1. The number of ether oxygens (including phenoxy) is 2. The smallest absolute Gasteiger partial charge is 0.317 e. The number of anilines is 1. The van der Waals surface area contributed by atoms with Crippen molar-refractivity contribution in [2.24, 2.45) is 0 Å². The molecule has 2 aromatic rings. The molecule has 0 N–H and O–H groups in total. The lowest BCUT2D eigenvalue weighted by atomic mass is 9.93. The average Bonchev–Trinajstić information content (AvgIpc) is 3.13. The second kappa shape index (κ2) is 7.85. The molecular formula is C18H18N2O6S. The van der Waals surface area contributed by atoms with Crippen molar-refractivity contribution < 1.29 is 24.0 Å². The molecule has 0 saturated carbocycles. The molecule has 1 aliphatic heterocycles. The van der Waals surface area contributed by atoms with Gasteiger partial charge in [-0.3, -0.25) is 19.7 Å². The zero-order chi connectivity index (χ0) is 19.6. The number of hydrogen-bond donors (Lipinski definition) is 0. The third-order valence-corrected chi connectivity index (χ3v) is 5.30. The topological polar surface area (TPSA) is 99.0 Å². The fourth-order valence-electron chi connectivity index (χ4n) is 3.14. The maximum Gasteiger partial charge on any atom is 0.317 e. The van der Waals surface area contributed by atoms with Crippen LogP contribution in [0.3, 0.4) is 0 Å². The number of benzene rings is 1. The SMILES string of the molecule is CCOC(=O)C1c2sccc2N(Cc2cccc([N+](=O)[O-])c2)C(=O)C1OC. The fourth-order valence-corrected chi connectivity index (χ4v) is 4.14. The van der Waals surface area contributed by atoms with Crippen LogP contribution >= 0.6 is 11.3 Å². The Balaban J connectivity index is 1.98. The molecule has 2 unspecified atom stereocenters. The first-order valence-corrected chi connectivity index (χ1v) is 9.17. The maximum absolute atomic E-state index is 13.0. The third-order valence-electron chi connectivity index (χ3n) is 4.32. The van der Waals surface area contributed by atoms with Crippen molar-refractivity contribution in [3.05, 3.63) is 56.3 Å². The first-order valence-electron chi connectivity index (χ1n) is 8.29. The monoisotopic (exact) mass is 390 g/mol. The third kappa shape index (κ3) is 3.56. The van der Waals surface area contributed by atoms with Crippen LogP contribution in [0.5, 0.6) is 0 Å². The second-order valence-electron chi connectivity index (χ2n) is 5.91. The van der Waals surface area contributed by atoms with E-state index in [0.717, 1.165) is 0 Å². The van der Waals surface area contributed by atoms with Gasteiger partial charge in [-0.1, -0.05) is 12.1 Å². The highest BCUT2D eigenvalue weighted by molar-refractivity contribution is 7.10. The summed E-state index contributed by atoms with van der Waals surface area (Å²) in [5.41, 5.74) is 1.16. The maximum atomic E-state index is 13.0. The lowest BCUT2D eigenvalue weighted by Crippen LogP contribution is -2.49. The second-order valence-corrected chi connectivity index (χ2v) is 6.86. The van der Waals surface area contributed by atoms with E-state index >= 15 is 0 Å². The lowest BCUT2D eigenvalue weighted by molar-refractivity contribution is -0.384. The van der Waals surface area contributed by atoms with Gasteiger partial charge in [0.05, 0.1) is 23.8 Å². The molecule has 2 atom stereocenters. The minimum Gasteiger partial charge on any atom is -0.465 e. The summed E-state index contributed by atoms with van der Waals surface area (Å²) in [5, 5.41) is 12.8. The van der Waals surface area contributed by atoms with Crippen LogP contribution < -0.4 is 4.90 Å². The van der Waals surface area contributed by atoms with Gasteiger partial charge < -0.3 is 14.4 Å². The van der Waals surface area contributed by atoms with E-state index < -0.39 is 22.9 Å². The molecule has 0 aliphatic carbocycles. The van der Waals surface area contributed by atoms with Crippen LogP contribution in [0.2, 0.25) is 0 Å². The minimum absolute atomic E-state index is 0.0461. The van der Waals surface area contributed by atoms with E-state index in [1.165, 1.54) is 35.5 Å². The van der Waals surface area contributed by atoms with Crippen LogP contribution in [0.4, 0.5) is 11.4 Å². The van der Waals surface area contributed by atoms with E-state index in [9.17, 15) is 19.7 Å². The molecule has 0 radical (unpaired) electrons. The summed E-state index contributed by atoms with van der Waals surface area (Å²) in [6, 6.07) is 7.87. The Kier molecular flexibility index (Phi) is 5.52. The zero-order valence-corrected chi connectivity index (χ0v) is 15.6. The van der Waals surface area contributed by atoms with Gasteiger partial charge in [-0.2, -0.15) is 0 Å². The van der Waals surface area contributed by atoms with Gasteiger partial charge >= 0.3 is 5.97 Å². The molecule has 1 aromatic carbocycles. The normalized spacial score (nSPS) is 18.9. The molecule has 1 aliphatic rings. The molecule has 0 spiro atoms. The molecule has 0 fully saturated rings. The molecule has 0 bridgehead atoms. The van der Waals surface area contributed by atoms with Gasteiger partial charge in [-0.25, -0.2) is 0 Å².